The zero-order valence-electron chi connectivity index (χ0n) is 20.7. The Morgan fingerprint density at radius 2 is 1.79 bits per heavy atom. The van der Waals surface area contributed by atoms with Gasteiger partial charge in [0.05, 0.1) is 12.3 Å². The van der Waals surface area contributed by atoms with E-state index in [1.165, 1.54) is 30.0 Å². The summed E-state index contributed by atoms with van der Waals surface area (Å²) in [4.78, 5) is 15.9. The zero-order chi connectivity index (χ0) is 23.9. The molecule has 1 N–H and O–H groups in total. The molecule has 0 heterocycles. The molecular weight excluding hydrogens is 424 g/mol. The molecule has 0 aliphatic rings. The number of fused-ring (bicyclic) bond motifs is 1. The number of unbranched alkanes of at least 4 members (excludes halogenated alkanes) is 3. The third-order valence-electron chi connectivity index (χ3n) is 5.08. The summed E-state index contributed by atoms with van der Waals surface area (Å²) < 4.78 is 0. The number of nitrogens with zero attached hydrogens (tertiary/aromatic N) is 1. The van der Waals surface area contributed by atoms with Crippen molar-refractivity contribution in [3.05, 3.63) is 42.5 Å². The molecule has 0 bridgehead atoms. The van der Waals surface area contributed by atoms with E-state index < -0.39 is 0 Å². The van der Waals surface area contributed by atoms with Crippen LogP contribution in [-0.2, 0) is 4.79 Å². The van der Waals surface area contributed by atoms with Gasteiger partial charge in [0.1, 0.15) is 0 Å². The van der Waals surface area contributed by atoms with Gasteiger partial charge < -0.3 is 5.32 Å². The Morgan fingerprint density at radius 3 is 2.58 bits per heavy atom. The predicted molar refractivity (Wildman–Crippen MR) is 143 cm³/mol. The van der Waals surface area contributed by atoms with E-state index >= 15 is 0 Å². The van der Waals surface area contributed by atoms with Crippen LogP contribution in [0.1, 0.15) is 53.4 Å². The monoisotopic (exact) mass is 462 g/mol. The minimum absolute atomic E-state index is 0.0250. The molecule has 0 fully saturated rings. The molecule has 33 heavy (non-hydrogen) atoms. The maximum atomic E-state index is 12.4. The topological polar surface area (TPSA) is 32.3 Å². The third kappa shape index (κ3) is 11.3. The summed E-state index contributed by atoms with van der Waals surface area (Å²) in [7, 11) is 0. The van der Waals surface area contributed by atoms with Gasteiger partial charge in [0, 0.05) is 23.4 Å². The fourth-order valence-corrected chi connectivity index (χ4v) is 4.22. The van der Waals surface area contributed by atoms with Gasteiger partial charge in [-0.1, -0.05) is 74.4 Å². The fraction of sp³-hybridized carbons (Fsp3) is 0.483. The molecule has 0 unspecified atom stereocenters. The fourth-order valence-electron chi connectivity index (χ4n) is 3.32. The van der Waals surface area contributed by atoms with Crippen LogP contribution < -0.4 is 5.32 Å². The Balaban J connectivity index is 1.80. The quantitative estimate of drug-likeness (QED) is 0.239. The highest BCUT2D eigenvalue weighted by atomic mass is 32.2. The second-order valence-corrected chi connectivity index (χ2v) is 10.3. The first kappa shape index (κ1) is 26.8. The largest absolute Gasteiger partial charge is 0.354 e. The summed E-state index contributed by atoms with van der Waals surface area (Å²) in [5, 5.41) is 5.48. The number of hydrogen-bond donors (Lipinski definition) is 1. The lowest BCUT2D eigenvalue weighted by Gasteiger charge is -2.20. The second-order valence-electron chi connectivity index (χ2n) is 9.25. The first-order valence-electron chi connectivity index (χ1n) is 12.0. The predicted octanol–water partition coefficient (Wildman–Crippen LogP) is 5.98. The van der Waals surface area contributed by atoms with E-state index in [0.29, 0.717) is 18.8 Å². The van der Waals surface area contributed by atoms with Crippen LogP contribution in [0.4, 0.5) is 0 Å². The standard InChI is InChI=1S/C29H38N2OS/c1-5-6-7-12-21-31(22-13-8-11-19-29(2,3)4)23-20-30-28(32)24-33-27-18-14-16-25-15-9-10-17-26(25)27/h9-10,14-18H,5-7,12,20-24H2,1-4H3,(H,30,32). The van der Waals surface area contributed by atoms with Gasteiger partial charge in [-0.25, -0.2) is 0 Å². The van der Waals surface area contributed by atoms with Crippen molar-refractivity contribution in [3.63, 3.8) is 0 Å². The molecule has 0 aromatic heterocycles. The smallest absolute Gasteiger partial charge is 0.230 e. The van der Waals surface area contributed by atoms with E-state index in [2.05, 4.69) is 85.9 Å². The van der Waals surface area contributed by atoms with Crippen molar-refractivity contribution in [3.8, 4) is 23.7 Å². The van der Waals surface area contributed by atoms with E-state index in [-0.39, 0.29) is 11.3 Å². The summed E-state index contributed by atoms with van der Waals surface area (Å²) in [6.45, 7) is 11.6. The summed E-state index contributed by atoms with van der Waals surface area (Å²) in [6.07, 6.45) is 4.89. The van der Waals surface area contributed by atoms with Crippen LogP contribution in [0, 0.1) is 29.1 Å². The molecular formula is C29H38N2OS. The van der Waals surface area contributed by atoms with Gasteiger partial charge in [-0.05, 0) is 62.4 Å². The Labute approximate surface area is 205 Å². The van der Waals surface area contributed by atoms with Crippen LogP contribution in [0.2, 0.25) is 0 Å². The number of carbonyl (C=O) groups is 1. The average Bonchev–Trinajstić information content (AvgIpc) is 2.79. The molecule has 0 atom stereocenters. The van der Waals surface area contributed by atoms with Crippen LogP contribution in [-0.4, -0.2) is 42.7 Å². The van der Waals surface area contributed by atoms with Gasteiger partial charge in [0.2, 0.25) is 5.91 Å². The summed E-state index contributed by atoms with van der Waals surface area (Å²) in [6, 6.07) is 14.5. The minimum atomic E-state index is -0.0250. The molecule has 2 aromatic rings. The van der Waals surface area contributed by atoms with Crippen molar-refractivity contribution in [2.24, 2.45) is 5.41 Å². The number of nitrogens with one attached hydrogen (secondary N) is 1. The first-order valence-corrected chi connectivity index (χ1v) is 13.0. The number of hydrogen-bond acceptors (Lipinski definition) is 3. The highest BCUT2D eigenvalue weighted by molar-refractivity contribution is 8.00. The van der Waals surface area contributed by atoms with E-state index in [4.69, 9.17) is 0 Å². The first-order chi connectivity index (χ1) is 15.9. The van der Waals surface area contributed by atoms with Crippen molar-refractivity contribution in [2.75, 3.05) is 31.9 Å². The molecule has 0 saturated carbocycles. The summed E-state index contributed by atoms with van der Waals surface area (Å²) >= 11 is 1.59. The molecule has 2 rings (SSSR count). The molecule has 0 aliphatic carbocycles. The average molecular weight is 463 g/mol. The Bertz CT molecular complexity index is 996. The van der Waals surface area contributed by atoms with E-state index in [1.807, 2.05) is 18.2 Å². The van der Waals surface area contributed by atoms with Gasteiger partial charge in [0.25, 0.3) is 0 Å². The van der Waals surface area contributed by atoms with Gasteiger partial charge in [-0.15, -0.1) is 11.8 Å². The Morgan fingerprint density at radius 1 is 1.00 bits per heavy atom. The van der Waals surface area contributed by atoms with E-state index in [9.17, 15) is 4.79 Å². The SMILES string of the molecule is CCCCCCN(CC#CC#CC(C)(C)C)CCNC(=O)CSc1cccc2ccccc12. The molecule has 4 heteroatoms. The summed E-state index contributed by atoms with van der Waals surface area (Å²) in [5.74, 6) is 12.8. The van der Waals surface area contributed by atoms with Gasteiger partial charge >= 0.3 is 0 Å². The van der Waals surface area contributed by atoms with Crippen molar-refractivity contribution in [2.45, 2.75) is 58.3 Å². The van der Waals surface area contributed by atoms with Crippen LogP contribution >= 0.6 is 11.8 Å². The molecule has 0 spiro atoms. The Kier molecular flexibility index (Phi) is 12.0. The molecule has 2 aromatic carbocycles. The molecule has 176 valence electrons. The Hall–Kier alpha value is -2.40. The number of carbonyl (C=O) groups excluding carboxylic acids is 1. The van der Waals surface area contributed by atoms with Crippen molar-refractivity contribution in [1.82, 2.24) is 10.2 Å². The lowest BCUT2D eigenvalue weighted by atomic mass is 9.98. The van der Waals surface area contributed by atoms with Crippen LogP contribution in [0.15, 0.2) is 47.4 Å². The highest BCUT2D eigenvalue weighted by Gasteiger charge is 2.08. The highest BCUT2D eigenvalue weighted by Crippen LogP contribution is 2.27. The van der Waals surface area contributed by atoms with Crippen LogP contribution in [0.25, 0.3) is 10.8 Å². The number of rotatable bonds is 12. The second kappa shape index (κ2) is 14.7. The van der Waals surface area contributed by atoms with Crippen molar-refractivity contribution in [1.29, 1.82) is 0 Å². The lowest BCUT2D eigenvalue weighted by molar-refractivity contribution is -0.118. The third-order valence-corrected chi connectivity index (χ3v) is 6.15. The normalized spacial score (nSPS) is 10.9. The minimum Gasteiger partial charge on any atom is -0.354 e. The molecule has 3 nitrogen and oxygen atoms in total. The van der Waals surface area contributed by atoms with E-state index in [1.54, 1.807) is 11.8 Å². The molecule has 0 radical (unpaired) electrons. The summed E-state index contributed by atoms with van der Waals surface area (Å²) in [5.41, 5.74) is -0.0250. The molecule has 0 saturated heterocycles. The van der Waals surface area contributed by atoms with E-state index in [0.717, 1.165) is 24.4 Å². The van der Waals surface area contributed by atoms with Gasteiger partial charge in [-0.2, -0.15) is 0 Å². The van der Waals surface area contributed by atoms with Crippen molar-refractivity contribution < 1.29 is 4.79 Å². The van der Waals surface area contributed by atoms with Gasteiger partial charge in [-0.3, -0.25) is 9.69 Å². The van der Waals surface area contributed by atoms with Crippen LogP contribution in [0.3, 0.4) is 0 Å². The van der Waals surface area contributed by atoms with Crippen molar-refractivity contribution >= 4 is 28.4 Å². The zero-order valence-corrected chi connectivity index (χ0v) is 21.5. The maximum Gasteiger partial charge on any atom is 0.230 e. The maximum absolute atomic E-state index is 12.4. The van der Waals surface area contributed by atoms with Crippen LogP contribution in [0.5, 0.6) is 0 Å². The van der Waals surface area contributed by atoms with Gasteiger partial charge in [0.15, 0.2) is 0 Å². The molecule has 0 aliphatic heterocycles. The number of amides is 1. The number of benzene rings is 2. The number of thioether (sulfide) groups is 1. The molecule has 1 amide bonds. The lowest BCUT2D eigenvalue weighted by Crippen LogP contribution is -2.36.